The number of anilines is 1. The number of aliphatic carboxylic acids is 1. The van der Waals surface area contributed by atoms with E-state index < -0.39 is 5.97 Å². The number of aryl methyl sites for hydroxylation is 1. The molecule has 2 amide bonds. The van der Waals surface area contributed by atoms with Gasteiger partial charge < -0.3 is 15.3 Å². The Hall–Kier alpha value is -2.55. The van der Waals surface area contributed by atoms with Crippen LogP contribution in [0.5, 0.6) is 0 Å². The number of hydrogen-bond acceptors (Lipinski definition) is 3. The van der Waals surface area contributed by atoms with Crippen molar-refractivity contribution in [2.45, 2.75) is 19.3 Å². The predicted molar refractivity (Wildman–Crippen MR) is 74.3 cm³/mol. The van der Waals surface area contributed by atoms with Crippen molar-refractivity contribution < 1.29 is 14.7 Å². The molecule has 0 bridgehead atoms. The van der Waals surface area contributed by atoms with Crippen LogP contribution in [0.2, 0.25) is 0 Å². The molecule has 0 saturated carbocycles. The second kappa shape index (κ2) is 7.79. The van der Waals surface area contributed by atoms with Gasteiger partial charge in [0.05, 0.1) is 12.5 Å². The molecule has 1 rings (SSSR count). The summed E-state index contributed by atoms with van der Waals surface area (Å²) in [6.07, 6.45) is 0.634. The first-order valence-corrected chi connectivity index (χ1v) is 6.23. The third kappa shape index (κ3) is 4.98. The van der Waals surface area contributed by atoms with E-state index in [0.717, 1.165) is 5.56 Å². The van der Waals surface area contributed by atoms with E-state index in [2.05, 4.69) is 5.32 Å². The predicted octanol–water partition coefficient (Wildman–Crippen LogP) is 2.08. The van der Waals surface area contributed by atoms with Crippen molar-refractivity contribution in [2.75, 3.05) is 18.9 Å². The van der Waals surface area contributed by atoms with E-state index in [9.17, 15) is 9.59 Å². The van der Waals surface area contributed by atoms with E-state index in [1.54, 1.807) is 31.3 Å². The number of benzene rings is 1. The lowest BCUT2D eigenvalue weighted by molar-refractivity contribution is -0.136. The molecule has 6 heteroatoms. The Morgan fingerprint density at radius 1 is 1.40 bits per heavy atom. The summed E-state index contributed by atoms with van der Waals surface area (Å²) < 4.78 is 0. The molecule has 0 saturated heterocycles. The van der Waals surface area contributed by atoms with Crippen LogP contribution in [0.15, 0.2) is 24.3 Å². The summed E-state index contributed by atoms with van der Waals surface area (Å²) in [5, 5.41) is 19.9. The topological polar surface area (TPSA) is 93.4 Å². The van der Waals surface area contributed by atoms with Gasteiger partial charge in [0.25, 0.3) is 0 Å². The number of amides is 2. The lowest BCUT2D eigenvalue weighted by atomic mass is 10.1. The van der Waals surface area contributed by atoms with Crippen molar-refractivity contribution in [2.24, 2.45) is 0 Å². The molecule has 1 aromatic carbocycles. The molecule has 0 unspecified atom stereocenters. The van der Waals surface area contributed by atoms with Gasteiger partial charge in [0, 0.05) is 25.7 Å². The lowest BCUT2D eigenvalue weighted by Crippen LogP contribution is -2.32. The van der Waals surface area contributed by atoms with Crippen molar-refractivity contribution in [3.05, 3.63) is 29.8 Å². The average Bonchev–Trinajstić information content (AvgIpc) is 2.43. The van der Waals surface area contributed by atoms with Crippen molar-refractivity contribution in [3.8, 4) is 6.07 Å². The Morgan fingerprint density at radius 3 is 2.75 bits per heavy atom. The van der Waals surface area contributed by atoms with Crippen LogP contribution in [0, 0.1) is 11.3 Å². The van der Waals surface area contributed by atoms with Gasteiger partial charge in [-0.05, 0) is 18.1 Å². The summed E-state index contributed by atoms with van der Waals surface area (Å²) in [4.78, 5) is 23.9. The summed E-state index contributed by atoms with van der Waals surface area (Å²) in [6.45, 7) is 0.347. The highest BCUT2D eigenvalue weighted by atomic mass is 16.4. The van der Waals surface area contributed by atoms with Crippen LogP contribution in [-0.4, -0.2) is 35.6 Å². The van der Waals surface area contributed by atoms with Gasteiger partial charge in [-0.3, -0.25) is 4.79 Å². The van der Waals surface area contributed by atoms with Crippen LogP contribution in [0.1, 0.15) is 18.4 Å². The SMILES string of the molecule is CN(CCC#N)C(=O)Nc1ccccc1CCC(=O)O. The van der Waals surface area contributed by atoms with E-state index in [4.69, 9.17) is 10.4 Å². The van der Waals surface area contributed by atoms with Crippen molar-refractivity contribution >= 4 is 17.7 Å². The third-order valence-corrected chi connectivity index (χ3v) is 2.77. The fraction of sp³-hybridized carbons (Fsp3) is 0.357. The number of carboxylic acids is 1. The molecule has 0 aliphatic rings. The van der Waals surface area contributed by atoms with Crippen LogP contribution < -0.4 is 5.32 Å². The minimum absolute atomic E-state index is 0.0111. The van der Waals surface area contributed by atoms with E-state index in [-0.39, 0.29) is 18.9 Å². The first-order chi connectivity index (χ1) is 9.54. The zero-order valence-corrected chi connectivity index (χ0v) is 11.3. The minimum Gasteiger partial charge on any atom is -0.481 e. The molecular formula is C14H17N3O3. The fourth-order valence-corrected chi connectivity index (χ4v) is 1.63. The molecular weight excluding hydrogens is 258 g/mol. The first-order valence-electron chi connectivity index (χ1n) is 6.23. The molecule has 1 aromatic rings. The van der Waals surface area contributed by atoms with E-state index in [1.807, 2.05) is 6.07 Å². The molecule has 20 heavy (non-hydrogen) atoms. The number of carboxylic acid groups (broad SMARTS) is 1. The Morgan fingerprint density at radius 2 is 2.10 bits per heavy atom. The Kier molecular flexibility index (Phi) is 6.04. The lowest BCUT2D eigenvalue weighted by Gasteiger charge is -2.18. The number of carbonyl (C=O) groups is 2. The van der Waals surface area contributed by atoms with E-state index >= 15 is 0 Å². The number of rotatable bonds is 6. The van der Waals surface area contributed by atoms with Crippen molar-refractivity contribution in [3.63, 3.8) is 0 Å². The largest absolute Gasteiger partial charge is 0.481 e. The van der Waals surface area contributed by atoms with Crippen LogP contribution >= 0.6 is 0 Å². The minimum atomic E-state index is -0.878. The second-order valence-electron chi connectivity index (χ2n) is 4.31. The zero-order chi connectivity index (χ0) is 15.0. The highest BCUT2D eigenvalue weighted by Gasteiger charge is 2.11. The monoisotopic (exact) mass is 275 g/mol. The fourth-order valence-electron chi connectivity index (χ4n) is 1.63. The molecule has 2 N–H and O–H groups in total. The van der Waals surface area contributed by atoms with Gasteiger partial charge >= 0.3 is 12.0 Å². The molecule has 0 spiro atoms. The molecule has 6 nitrogen and oxygen atoms in total. The highest BCUT2D eigenvalue weighted by molar-refractivity contribution is 5.90. The molecule has 0 aromatic heterocycles. The first kappa shape index (κ1) is 15.5. The van der Waals surface area contributed by atoms with E-state index in [0.29, 0.717) is 18.7 Å². The van der Waals surface area contributed by atoms with E-state index in [1.165, 1.54) is 4.90 Å². The molecule has 0 fully saturated rings. The molecule has 0 radical (unpaired) electrons. The summed E-state index contributed by atoms with van der Waals surface area (Å²) in [5.41, 5.74) is 1.37. The number of nitrogens with one attached hydrogen (secondary N) is 1. The Bertz CT molecular complexity index is 523. The van der Waals surface area contributed by atoms with Crippen LogP contribution in [0.25, 0.3) is 0 Å². The molecule has 0 heterocycles. The highest BCUT2D eigenvalue weighted by Crippen LogP contribution is 2.17. The summed E-state index contributed by atoms with van der Waals surface area (Å²) in [5.74, 6) is -0.878. The van der Waals surface area contributed by atoms with Gasteiger partial charge in [0.1, 0.15) is 0 Å². The summed E-state index contributed by atoms with van der Waals surface area (Å²) >= 11 is 0. The smallest absolute Gasteiger partial charge is 0.321 e. The van der Waals surface area contributed by atoms with Gasteiger partial charge in [-0.15, -0.1) is 0 Å². The van der Waals surface area contributed by atoms with Crippen LogP contribution in [-0.2, 0) is 11.2 Å². The molecule has 0 aliphatic carbocycles. The average molecular weight is 275 g/mol. The number of nitriles is 1. The summed E-state index contributed by atoms with van der Waals surface area (Å²) in [6, 6.07) is 8.74. The third-order valence-electron chi connectivity index (χ3n) is 2.77. The maximum absolute atomic E-state index is 11.9. The van der Waals surface area contributed by atoms with Gasteiger partial charge in [-0.2, -0.15) is 5.26 Å². The molecule has 106 valence electrons. The second-order valence-corrected chi connectivity index (χ2v) is 4.31. The van der Waals surface area contributed by atoms with Gasteiger partial charge in [0.2, 0.25) is 0 Å². The quantitative estimate of drug-likeness (QED) is 0.831. The van der Waals surface area contributed by atoms with Crippen LogP contribution in [0.4, 0.5) is 10.5 Å². The van der Waals surface area contributed by atoms with Crippen LogP contribution in [0.3, 0.4) is 0 Å². The number of carbonyl (C=O) groups excluding carboxylic acids is 1. The maximum atomic E-state index is 11.9. The molecule has 0 atom stereocenters. The Labute approximate surface area is 117 Å². The number of para-hydroxylation sites is 1. The van der Waals surface area contributed by atoms with Crippen molar-refractivity contribution in [1.29, 1.82) is 5.26 Å². The molecule has 0 aliphatic heterocycles. The maximum Gasteiger partial charge on any atom is 0.321 e. The number of nitrogens with zero attached hydrogens (tertiary/aromatic N) is 2. The van der Waals surface area contributed by atoms with Gasteiger partial charge in [-0.25, -0.2) is 4.79 Å². The van der Waals surface area contributed by atoms with Crippen molar-refractivity contribution in [1.82, 2.24) is 4.90 Å². The van der Waals surface area contributed by atoms with Gasteiger partial charge in [-0.1, -0.05) is 18.2 Å². The summed E-state index contributed by atoms with van der Waals surface area (Å²) in [7, 11) is 1.60. The normalized spacial score (nSPS) is 9.60. The number of urea groups is 1. The standard InChI is InChI=1S/C14H17N3O3/c1-17(10-4-9-15)14(20)16-12-6-3-2-5-11(12)7-8-13(18)19/h2-3,5-6H,4,7-8,10H2,1H3,(H,16,20)(H,18,19). The zero-order valence-electron chi connectivity index (χ0n) is 11.3. The number of hydrogen-bond donors (Lipinski definition) is 2. The Balaban J connectivity index is 2.69. The van der Waals surface area contributed by atoms with Gasteiger partial charge in [0.15, 0.2) is 0 Å².